The zero-order chi connectivity index (χ0) is 35.9. The van der Waals surface area contributed by atoms with E-state index >= 15 is 0 Å². The number of carbonyl (C=O) groups excluding carboxylic acids is 4. The van der Waals surface area contributed by atoms with Gasteiger partial charge in [-0.05, 0) is 56.9 Å². The van der Waals surface area contributed by atoms with E-state index in [1.807, 2.05) is 0 Å². The Morgan fingerprint density at radius 2 is 1.50 bits per heavy atom. The van der Waals surface area contributed by atoms with Gasteiger partial charge in [-0.1, -0.05) is 97.5 Å². The molecular formula is C34H40Cl4N4O6. The number of Topliss-reactive ketones (excluding diaryl/α,β-unsaturated/α-hetero) is 1. The maximum Gasteiger partial charge on any atom is 0.408 e. The third-order valence-corrected chi connectivity index (χ3v) is 8.14. The molecule has 14 heteroatoms. The summed E-state index contributed by atoms with van der Waals surface area (Å²) in [6, 6.07) is 11.7. The van der Waals surface area contributed by atoms with E-state index in [2.05, 4.69) is 15.8 Å². The van der Waals surface area contributed by atoms with Crippen molar-refractivity contribution in [3.63, 3.8) is 0 Å². The van der Waals surface area contributed by atoms with Crippen LogP contribution in [0.25, 0.3) is 22.6 Å². The van der Waals surface area contributed by atoms with Gasteiger partial charge >= 0.3 is 6.09 Å². The van der Waals surface area contributed by atoms with Gasteiger partial charge in [0.25, 0.3) is 5.91 Å². The summed E-state index contributed by atoms with van der Waals surface area (Å²) in [7, 11) is 0. The van der Waals surface area contributed by atoms with Gasteiger partial charge in [-0.3, -0.25) is 14.4 Å². The molecule has 0 saturated heterocycles. The van der Waals surface area contributed by atoms with Gasteiger partial charge in [0.1, 0.15) is 17.3 Å². The maximum absolute atomic E-state index is 13.6. The van der Waals surface area contributed by atoms with Gasteiger partial charge in [-0.15, -0.1) is 0 Å². The van der Waals surface area contributed by atoms with E-state index in [-0.39, 0.29) is 30.6 Å². The summed E-state index contributed by atoms with van der Waals surface area (Å²) >= 11 is 24.7. The molecule has 1 heterocycles. The molecule has 1 unspecified atom stereocenters. The molecule has 2 aromatic carbocycles. The van der Waals surface area contributed by atoms with Crippen molar-refractivity contribution in [2.75, 3.05) is 11.4 Å². The summed E-state index contributed by atoms with van der Waals surface area (Å²) in [6.45, 7) is 12.2. The summed E-state index contributed by atoms with van der Waals surface area (Å²) in [4.78, 5) is 52.3. The summed E-state index contributed by atoms with van der Waals surface area (Å²) in [5.41, 5.74) is 1.16. The number of amides is 3. The largest absolute Gasteiger partial charge is 0.444 e. The third-order valence-electron chi connectivity index (χ3n) is 7.14. The standard InChI is InChI=1S/C34H40Cl4N4O6/c1-18(2)28(39-31(44)29(19(3)4)40-33(46)47-34(5,6)7)25(43)14-15-42(32(45)30(37)38)21-11-8-10-20(16-21)26-17-24(41-48-26)27-22(35)12-9-13-23(27)36/h8-13,16-19,28-30H,14-15H2,1-7H3,(H,39,44)(H,40,46)/t28-,29?/m0/s1. The zero-order valence-electron chi connectivity index (χ0n) is 27.8. The molecule has 0 aliphatic rings. The van der Waals surface area contributed by atoms with E-state index in [0.717, 1.165) is 0 Å². The number of alkyl carbamates (subject to hydrolysis) is 1. The van der Waals surface area contributed by atoms with Crippen LogP contribution in [0.1, 0.15) is 54.9 Å². The molecule has 2 N–H and O–H groups in total. The number of nitrogens with one attached hydrogen (secondary N) is 2. The molecule has 260 valence electrons. The predicted octanol–water partition coefficient (Wildman–Crippen LogP) is 8.10. The second kappa shape index (κ2) is 16.9. The number of hydrogen-bond acceptors (Lipinski definition) is 7. The SMILES string of the molecule is CC(C)C(NC(=O)OC(C)(C)C)C(=O)N[C@H](C(=O)CCN(C(=O)C(Cl)Cl)c1cccc(-c2cc(-c3c(Cl)cccc3Cl)no2)c1)C(C)C. The van der Waals surface area contributed by atoms with Gasteiger partial charge in [-0.25, -0.2) is 4.79 Å². The molecule has 0 aliphatic heterocycles. The number of hydrogen-bond donors (Lipinski definition) is 2. The highest BCUT2D eigenvalue weighted by atomic mass is 35.5. The fraction of sp³-hybridized carbons (Fsp3) is 0.441. The smallest absolute Gasteiger partial charge is 0.408 e. The Balaban J connectivity index is 1.81. The third kappa shape index (κ3) is 10.6. The summed E-state index contributed by atoms with van der Waals surface area (Å²) in [5.74, 6) is -1.73. The van der Waals surface area contributed by atoms with E-state index in [9.17, 15) is 19.2 Å². The lowest BCUT2D eigenvalue weighted by Gasteiger charge is -2.29. The second-order valence-corrected chi connectivity index (χ2v) is 14.7. The molecule has 10 nitrogen and oxygen atoms in total. The second-order valence-electron chi connectivity index (χ2n) is 12.8. The van der Waals surface area contributed by atoms with E-state index in [4.69, 9.17) is 55.7 Å². The molecule has 1 aromatic heterocycles. The number of ether oxygens (including phenoxy) is 1. The maximum atomic E-state index is 13.6. The van der Waals surface area contributed by atoms with Crippen LogP contribution in [0.5, 0.6) is 0 Å². The molecular weight excluding hydrogens is 702 g/mol. The molecule has 0 bridgehead atoms. The van der Waals surface area contributed by atoms with Crippen LogP contribution in [0.2, 0.25) is 10.0 Å². The predicted molar refractivity (Wildman–Crippen MR) is 190 cm³/mol. The molecule has 0 saturated carbocycles. The average Bonchev–Trinajstić information content (AvgIpc) is 3.47. The van der Waals surface area contributed by atoms with Crippen LogP contribution in [0.3, 0.4) is 0 Å². The Morgan fingerprint density at radius 3 is 2.06 bits per heavy atom. The van der Waals surface area contributed by atoms with Crippen molar-refractivity contribution in [2.45, 2.75) is 77.4 Å². The molecule has 0 radical (unpaired) electrons. The highest BCUT2D eigenvalue weighted by molar-refractivity contribution is 6.54. The number of alkyl halides is 2. The highest BCUT2D eigenvalue weighted by Crippen LogP contribution is 2.36. The Hall–Kier alpha value is -3.31. The number of nitrogens with zero attached hydrogens (tertiary/aromatic N) is 2. The molecule has 48 heavy (non-hydrogen) atoms. The van der Waals surface area contributed by atoms with Crippen LogP contribution >= 0.6 is 46.4 Å². The molecule has 3 amide bonds. The van der Waals surface area contributed by atoms with Gasteiger partial charge < -0.3 is 24.8 Å². The summed E-state index contributed by atoms with van der Waals surface area (Å²) in [5, 5.41) is 10.3. The van der Waals surface area contributed by atoms with Crippen LogP contribution in [-0.2, 0) is 19.1 Å². The zero-order valence-corrected chi connectivity index (χ0v) is 30.8. The van der Waals surface area contributed by atoms with Gasteiger partial charge in [0, 0.05) is 35.8 Å². The number of carbonyl (C=O) groups is 4. The number of rotatable bonds is 13. The quantitative estimate of drug-likeness (QED) is 0.169. The topological polar surface area (TPSA) is 131 Å². The Labute approximate surface area is 300 Å². The van der Waals surface area contributed by atoms with Gasteiger partial charge in [0.05, 0.1) is 16.1 Å². The fourth-order valence-corrected chi connectivity index (χ4v) is 5.62. The van der Waals surface area contributed by atoms with E-state index in [1.54, 1.807) is 97.0 Å². The number of ketones is 1. The van der Waals surface area contributed by atoms with Gasteiger partial charge in [0.2, 0.25) is 5.91 Å². The Kier molecular flexibility index (Phi) is 13.8. The minimum Gasteiger partial charge on any atom is -0.444 e. The lowest BCUT2D eigenvalue weighted by molar-refractivity contribution is -0.130. The average molecular weight is 743 g/mol. The van der Waals surface area contributed by atoms with Crippen molar-refractivity contribution in [1.82, 2.24) is 15.8 Å². The first kappa shape index (κ1) is 39.1. The van der Waals surface area contributed by atoms with Crippen LogP contribution in [0.15, 0.2) is 53.1 Å². The van der Waals surface area contributed by atoms with E-state index in [1.165, 1.54) is 4.90 Å². The molecule has 0 aliphatic carbocycles. The molecule has 3 rings (SSSR count). The van der Waals surface area contributed by atoms with Crippen LogP contribution in [0, 0.1) is 11.8 Å². The monoisotopic (exact) mass is 740 g/mol. The van der Waals surface area contributed by atoms with Crippen LogP contribution in [0.4, 0.5) is 10.5 Å². The van der Waals surface area contributed by atoms with Gasteiger partial charge in [0.15, 0.2) is 16.4 Å². The fourth-order valence-electron chi connectivity index (χ4n) is 4.79. The summed E-state index contributed by atoms with van der Waals surface area (Å²) < 4.78 is 10.9. The number of aromatic nitrogens is 1. The first-order valence-corrected chi connectivity index (χ1v) is 17.0. The van der Waals surface area contributed by atoms with E-state index < -0.39 is 40.4 Å². The minimum absolute atomic E-state index is 0.0865. The molecule has 0 fully saturated rings. The van der Waals surface area contributed by atoms with Crippen molar-refractivity contribution in [2.24, 2.45) is 11.8 Å². The van der Waals surface area contributed by atoms with Crippen LogP contribution < -0.4 is 15.5 Å². The summed E-state index contributed by atoms with van der Waals surface area (Å²) in [6.07, 6.45) is -0.880. The Morgan fingerprint density at radius 1 is 0.896 bits per heavy atom. The Bertz CT molecular complexity index is 1600. The lowest BCUT2D eigenvalue weighted by Crippen LogP contribution is -2.55. The first-order valence-electron chi connectivity index (χ1n) is 15.3. The molecule has 0 spiro atoms. The van der Waals surface area contributed by atoms with Crippen molar-refractivity contribution in [3.05, 3.63) is 58.6 Å². The van der Waals surface area contributed by atoms with Crippen molar-refractivity contribution in [1.29, 1.82) is 0 Å². The number of benzene rings is 2. The number of halogens is 4. The first-order chi connectivity index (χ1) is 22.4. The lowest BCUT2D eigenvalue weighted by atomic mass is 9.95. The molecule has 2 atom stereocenters. The minimum atomic E-state index is -1.41. The molecule has 3 aromatic rings. The van der Waals surface area contributed by atoms with Crippen LogP contribution in [-0.4, -0.2) is 57.9 Å². The van der Waals surface area contributed by atoms with Gasteiger partial charge in [-0.2, -0.15) is 0 Å². The van der Waals surface area contributed by atoms with Crippen molar-refractivity contribution >= 4 is 75.8 Å². The normalized spacial score (nSPS) is 13.0. The van der Waals surface area contributed by atoms with Crippen molar-refractivity contribution < 1.29 is 28.4 Å². The van der Waals surface area contributed by atoms with E-state index in [0.29, 0.717) is 38.3 Å². The number of anilines is 1. The highest BCUT2D eigenvalue weighted by Gasteiger charge is 2.32. The van der Waals surface area contributed by atoms with Crippen molar-refractivity contribution in [3.8, 4) is 22.6 Å².